The van der Waals surface area contributed by atoms with E-state index < -0.39 is 4.92 Å². The van der Waals surface area contributed by atoms with Crippen molar-refractivity contribution in [3.8, 4) is 0 Å². The molecule has 9 heteroatoms. The van der Waals surface area contributed by atoms with Crippen LogP contribution in [0.3, 0.4) is 0 Å². The summed E-state index contributed by atoms with van der Waals surface area (Å²) in [7, 11) is 0. The predicted octanol–water partition coefficient (Wildman–Crippen LogP) is 2.12. The summed E-state index contributed by atoms with van der Waals surface area (Å²) in [6.07, 6.45) is 2.34. The Hall–Kier alpha value is -2.71. The van der Waals surface area contributed by atoms with E-state index in [2.05, 4.69) is 25.8 Å². The fraction of sp³-hybridized carbons (Fsp3) is 0.417. The van der Waals surface area contributed by atoms with E-state index >= 15 is 0 Å². The van der Waals surface area contributed by atoms with Crippen molar-refractivity contribution in [1.82, 2.24) is 15.1 Å². The van der Waals surface area contributed by atoms with Crippen molar-refractivity contribution in [1.29, 1.82) is 0 Å². The fourth-order valence-corrected chi connectivity index (χ4v) is 1.73. The molecule has 0 bridgehead atoms. The van der Waals surface area contributed by atoms with Gasteiger partial charge in [-0.25, -0.2) is 4.98 Å². The van der Waals surface area contributed by atoms with Crippen LogP contribution >= 0.6 is 0 Å². The van der Waals surface area contributed by atoms with E-state index in [0.29, 0.717) is 23.9 Å². The second kappa shape index (κ2) is 6.64. The second-order valence-corrected chi connectivity index (χ2v) is 4.36. The molecule has 0 saturated carbocycles. The minimum Gasteiger partial charge on any atom is -0.364 e. The van der Waals surface area contributed by atoms with Crippen LogP contribution in [0.25, 0.3) is 0 Å². The Morgan fingerprint density at radius 1 is 1.38 bits per heavy atom. The Bertz CT molecular complexity index is 614. The number of anilines is 2. The molecule has 0 aliphatic carbocycles. The first-order valence-corrected chi connectivity index (χ1v) is 6.51. The Morgan fingerprint density at radius 2 is 2.19 bits per heavy atom. The number of nitro groups is 1. The quantitative estimate of drug-likeness (QED) is 0.588. The van der Waals surface area contributed by atoms with Gasteiger partial charge in [0.2, 0.25) is 11.8 Å². The predicted molar refractivity (Wildman–Crippen MR) is 76.0 cm³/mol. The van der Waals surface area contributed by atoms with E-state index in [9.17, 15) is 10.1 Å². The molecule has 0 saturated heterocycles. The van der Waals surface area contributed by atoms with Gasteiger partial charge in [0.05, 0.1) is 11.5 Å². The molecule has 2 rings (SSSR count). The lowest BCUT2D eigenvalue weighted by atomic mass is 10.3. The van der Waals surface area contributed by atoms with Crippen molar-refractivity contribution < 1.29 is 9.45 Å². The summed E-state index contributed by atoms with van der Waals surface area (Å²) < 4.78 is 4.71. The van der Waals surface area contributed by atoms with Gasteiger partial charge in [0.25, 0.3) is 0 Å². The number of hydrogen-bond donors (Lipinski definition) is 2. The molecule has 2 aromatic rings. The molecule has 2 aromatic heterocycles. The molecule has 0 aromatic carbocycles. The SMILES string of the molecule is CCCNc1nc(C)c([N+](=O)[O-])c(NCc2ccon2)n1. The lowest BCUT2D eigenvalue weighted by Gasteiger charge is -2.09. The van der Waals surface area contributed by atoms with Gasteiger partial charge in [0, 0.05) is 12.6 Å². The zero-order valence-electron chi connectivity index (χ0n) is 11.8. The van der Waals surface area contributed by atoms with Crippen LogP contribution in [0.2, 0.25) is 0 Å². The highest BCUT2D eigenvalue weighted by Crippen LogP contribution is 2.26. The maximum Gasteiger partial charge on any atom is 0.332 e. The zero-order valence-corrected chi connectivity index (χ0v) is 11.8. The van der Waals surface area contributed by atoms with Gasteiger partial charge in [-0.2, -0.15) is 4.98 Å². The summed E-state index contributed by atoms with van der Waals surface area (Å²) in [5, 5.41) is 20.8. The van der Waals surface area contributed by atoms with Crippen LogP contribution in [0.1, 0.15) is 24.7 Å². The Labute approximate surface area is 120 Å². The Kier molecular flexibility index (Phi) is 4.64. The van der Waals surface area contributed by atoms with E-state index in [-0.39, 0.29) is 18.1 Å². The minimum absolute atomic E-state index is 0.138. The molecule has 112 valence electrons. The standard InChI is InChI=1S/C12H16N6O3/c1-3-5-13-12-15-8(2)10(18(19)20)11(16-12)14-7-9-4-6-21-17-9/h4,6H,3,5,7H2,1-2H3,(H2,13,14,15,16). The van der Waals surface area contributed by atoms with Gasteiger partial charge in [-0.3, -0.25) is 10.1 Å². The fourth-order valence-electron chi connectivity index (χ4n) is 1.73. The summed E-state index contributed by atoms with van der Waals surface area (Å²) >= 11 is 0. The normalized spacial score (nSPS) is 10.4. The van der Waals surface area contributed by atoms with Crippen LogP contribution in [0.15, 0.2) is 16.9 Å². The van der Waals surface area contributed by atoms with Gasteiger partial charge in [0.15, 0.2) is 0 Å². The van der Waals surface area contributed by atoms with Crippen molar-refractivity contribution >= 4 is 17.5 Å². The highest BCUT2D eigenvalue weighted by Gasteiger charge is 2.22. The van der Waals surface area contributed by atoms with Gasteiger partial charge in [-0.1, -0.05) is 12.1 Å². The molecule has 0 spiro atoms. The third-order valence-corrected chi connectivity index (χ3v) is 2.70. The average Bonchev–Trinajstić information content (AvgIpc) is 2.95. The number of nitrogens with one attached hydrogen (secondary N) is 2. The van der Waals surface area contributed by atoms with Crippen molar-refractivity contribution in [2.24, 2.45) is 0 Å². The summed E-state index contributed by atoms with van der Waals surface area (Å²) in [4.78, 5) is 18.9. The Balaban J connectivity index is 2.25. The van der Waals surface area contributed by atoms with Crippen molar-refractivity contribution in [3.05, 3.63) is 33.8 Å². The third kappa shape index (κ3) is 3.65. The minimum atomic E-state index is -0.496. The van der Waals surface area contributed by atoms with Gasteiger partial charge in [0.1, 0.15) is 17.7 Å². The molecule has 2 heterocycles. The van der Waals surface area contributed by atoms with Gasteiger partial charge in [-0.05, 0) is 13.3 Å². The van der Waals surface area contributed by atoms with E-state index in [1.165, 1.54) is 6.26 Å². The summed E-state index contributed by atoms with van der Waals surface area (Å²) in [5.41, 5.74) is 0.792. The lowest BCUT2D eigenvalue weighted by Crippen LogP contribution is -2.11. The maximum absolute atomic E-state index is 11.2. The Morgan fingerprint density at radius 3 is 2.81 bits per heavy atom. The largest absolute Gasteiger partial charge is 0.364 e. The van der Waals surface area contributed by atoms with Crippen LogP contribution in [0.5, 0.6) is 0 Å². The summed E-state index contributed by atoms with van der Waals surface area (Å²) in [6, 6.07) is 1.67. The monoisotopic (exact) mass is 292 g/mol. The van der Waals surface area contributed by atoms with Crippen molar-refractivity contribution in [2.75, 3.05) is 17.2 Å². The summed E-state index contributed by atoms with van der Waals surface area (Å²) in [6.45, 7) is 4.56. The molecular weight excluding hydrogens is 276 g/mol. The number of hydrogen-bond acceptors (Lipinski definition) is 8. The highest BCUT2D eigenvalue weighted by molar-refractivity contribution is 5.60. The van der Waals surface area contributed by atoms with Gasteiger partial charge in [-0.15, -0.1) is 0 Å². The molecule has 0 aliphatic heterocycles. The van der Waals surface area contributed by atoms with Gasteiger partial charge < -0.3 is 15.2 Å². The highest BCUT2D eigenvalue weighted by atomic mass is 16.6. The smallest absolute Gasteiger partial charge is 0.332 e. The number of rotatable bonds is 7. The second-order valence-electron chi connectivity index (χ2n) is 4.36. The van der Waals surface area contributed by atoms with Crippen LogP contribution < -0.4 is 10.6 Å². The molecule has 0 fully saturated rings. The first-order valence-electron chi connectivity index (χ1n) is 6.51. The molecule has 0 aliphatic rings. The average molecular weight is 292 g/mol. The molecule has 0 unspecified atom stereocenters. The van der Waals surface area contributed by atoms with Crippen LogP contribution in [-0.4, -0.2) is 26.6 Å². The van der Waals surface area contributed by atoms with Gasteiger partial charge >= 0.3 is 5.69 Å². The number of aryl methyl sites for hydroxylation is 1. The van der Waals surface area contributed by atoms with E-state index in [1.54, 1.807) is 13.0 Å². The number of aromatic nitrogens is 3. The van der Waals surface area contributed by atoms with Crippen molar-refractivity contribution in [2.45, 2.75) is 26.8 Å². The molecule has 21 heavy (non-hydrogen) atoms. The molecular formula is C12H16N6O3. The first-order chi connectivity index (χ1) is 10.1. The van der Waals surface area contributed by atoms with E-state index in [4.69, 9.17) is 4.52 Å². The van der Waals surface area contributed by atoms with Crippen LogP contribution in [0, 0.1) is 17.0 Å². The molecule has 0 amide bonds. The van der Waals surface area contributed by atoms with Crippen LogP contribution in [0.4, 0.5) is 17.5 Å². The molecule has 9 nitrogen and oxygen atoms in total. The molecule has 0 radical (unpaired) electrons. The lowest BCUT2D eigenvalue weighted by molar-refractivity contribution is -0.385. The molecule has 2 N–H and O–H groups in total. The van der Waals surface area contributed by atoms with Crippen molar-refractivity contribution in [3.63, 3.8) is 0 Å². The maximum atomic E-state index is 11.2. The van der Waals surface area contributed by atoms with E-state index in [0.717, 1.165) is 6.42 Å². The third-order valence-electron chi connectivity index (χ3n) is 2.70. The van der Waals surface area contributed by atoms with E-state index in [1.807, 2.05) is 6.92 Å². The zero-order chi connectivity index (χ0) is 15.2. The van der Waals surface area contributed by atoms with Crippen LogP contribution in [-0.2, 0) is 6.54 Å². The topological polar surface area (TPSA) is 119 Å². The summed E-state index contributed by atoms with van der Waals surface area (Å²) in [5.74, 6) is 0.525. The number of nitrogens with zero attached hydrogens (tertiary/aromatic N) is 4. The molecule has 0 atom stereocenters. The first kappa shape index (κ1) is 14.7.